The second-order valence-electron chi connectivity index (χ2n) is 10.2. The van der Waals surface area contributed by atoms with Crippen LogP contribution in [0.5, 0.6) is 0 Å². The van der Waals surface area contributed by atoms with E-state index in [1.807, 2.05) is 49.0 Å². The summed E-state index contributed by atoms with van der Waals surface area (Å²) in [6.07, 6.45) is 8.47. The van der Waals surface area contributed by atoms with E-state index >= 15 is 0 Å². The molecule has 1 unspecified atom stereocenters. The van der Waals surface area contributed by atoms with Crippen LogP contribution in [-0.4, -0.2) is 52.4 Å². The second-order valence-corrected chi connectivity index (χ2v) is 11.4. The predicted molar refractivity (Wildman–Crippen MR) is 161 cm³/mol. The SMILES string of the molecule is CCCCCCCCCC(=O)N(CCN(C)C)C(C)c1nc2ccc(I)cc2c(=O)n1-c1ccc(F)cc1. The molecule has 3 aromatic rings. The third-order valence-corrected chi connectivity index (χ3v) is 7.56. The van der Waals surface area contributed by atoms with Crippen LogP contribution < -0.4 is 5.56 Å². The van der Waals surface area contributed by atoms with E-state index in [4.69, 9.17) is 4.98 Å². The first-order chi connectivity index (χ1) is 18.2. The van der Waals surface area contributed by atoms with E-state index in [2.05, 4.69) is 29.5 Å². The number of hydrogen-bond acceptors (Lipinski definition) is 4. The molecule has 0 saturated carbocycles. The predicted octanol–water partition coefficient (Wildman–Crippen LogP) is 6.72. The highest BCUT2D eigenvalue weighted by Crippen LogP contribution is 2.25. The zero-order valence-corrected chi connectivity index (χ0v) is 25.2. The van der Waals surface area contributed by atoms with Gasteiger partial charge in [0.05, 0.1) is 22.6 Å². The number of halogens is 2. The van der Waals surface area contributed by atoms with Crippen LogP contribution in [0.2, 0.25) is 0 Å². The number of unbranched alkanes of at least 4 members (excludes halogenated alkanes) is 6. The topological polar surface area (TPSA) is 58.4 Å². The lowest BCUT2D eigenvalue weighted by atomic mass is 10.1. The average molecular weight is 635 g/mol. The van der Waals surface area contributed by atoms with Gasteiger partial charge < -0.3 is 9.80 Å². The molecule has 206 valence electrons. The summed E-state index contributed by atoms with van der Waals surface area (Å²) in [5.74, 6) is 0.162. The molecule has 0 radical (unpaired) electrons. The van der Waals surface area contributed by atoms with Crippen LogP contribution in [0.3, 0.4) is 0 Å². The molecule has 0 aliphatic rings. The molecule has 0 fully saturated rings. The number of likely N-dealkylation sites (N-methyl/N-ethyl adjacent to an activating group) is 1. The first-order valence-corrected chi connectivity index (χ1v) is 14.7. The van der Waals surface area contributed by atoms with Crippen LogP contribution >= 0.6 is 22.6 Å². The van der Waals surface area contributed by atoms with Gasteiger partial charge in [-0.25, -0.2) is 9.37 Å². The number of fused-ring (bicyclic) bond motifs is 1. The zero-order chi connectivity index (χ0) is 27.7. The first-order valence-electron chi connectivity index (χ1n) is 13.6. The Labute approximate surface area is 239 Å². The molecule has 1 aromatic heterocycles. The highest BCUT2D eigenvalue weighted by Gasteiger charge is 2.26. The number of aromatic nitrogens is 2. The molecule has 3 rings (SSSR count). The number of hydrogen-bond donors (Lipinski definition) is 0. The van der Waals surface area contributed by atoms with Crippen molar-refractivity contribution in [1.82, 2.24) is 19.4 Å². The molecule has 8 heteroatoms. The molecule has 0 aliphatic heterocycles. The number of carbonyl (C=O) groups is 1. The Balaban J connectivity index is 1.96. The molecule has 6 nitrogen and oxygen atoms in total. The Kier molecular flexibility index (Phi) is 11.7. The molecular formula is C30H40FIN4O2. The minimum atomic E-state index is -0.451. The minimum absolute atomic E-state index is 0.0653. The Morgan fingerprint density at radius 3 is 2.32 bits per heavy atom. The van der Waals surface area contributed by atoms with Crippen LogP contribution in [0.15, 0.2) is 47.3 Å². The minimum Gasteiger partial charge on any atom is -0.331 e. The molecule has 38 heavy (non-hydrogen) atoms. The summed E-state index contributed by atoms with van der Waals surface area (Å²) in [4.78, 5) is 36.1. The van der Waals surface area contributed by atoms with Gasteiger partial charge in [-0.1, -0.05) is 45.4 Å². The normalized spacial score (nSPS) is 12.3. The third-order valence-electron chi connectivity index (χ3n) is 6.88. The van der Waals surface area contributed by atoms with Crippen molar-refractivity contribution in [3.05, 3.63) is 68.0 Å². The summed E-state index contributed by atoms with van der Waals surface area (Å²) in [6.45, 7) is 5.36. The van der Waals surface area contributed by atoms with Gasteiger partial charge in [0.15, 0.2) is 0 Å². The molecular weight excluding hydrogens is 594 g/mol. The summed E-state index contributed by atoms with van der Waals surface area (Å²) in [6, 6.07) is 11.0. The van der Waals surface area contributed by atoms with Crippen molar-refractivity contribution in [2.75, 3.05) is 27.2 Å². The second kappa shape index (κ2) is 14.7. The van der Waals surface area contributed by atoms with E-state index in [0.29, 0.717) is 41.9 Å². The highest BCUT2D eigenvalue weighted by molar-refractivity contribution is 14.1. The zero-order valence-electron chi connectivity index (χ0n) is 23.1. The van der Waals surface area contributed by atoms with E-state index < -0.39 is 6.04 Å². The van der Waals surface area contributed by atoms with Crippen LogP contribution in [0, 0.1) is 9.39 Å². The van der Waals surface area contributed by atoms with Gasteiger partial charge in [-0.05, 0) is 92.5 Å². The van der Waals surface area contributed by atoms with Gasteiger partial charge in [-0.2, -0.15) is 0 Å². The van der Waals surface area contributed by atoms with Crippen LogP contribution in [0.1, 0.15) is 77.1 Å². The molecule has 1 atom stereocenters. The van der Waals surface area contributed by atoms with Gasteiger partial charge >= 0.3 is 0 Å². The summed E-state index contributed by atoms with van der Waals surface area (Å²) < 4.78 is 16.2. The lowest BCUT2D eigenvalue weighted by molar-refractivity contribution is -0.133. The van der Waals surface area contributed by atoms with Gasteiger partial charge in [0.2, 0.25) is 5.91 Å². The molecule has 1 amide bonds. The highest BCUT2D eigenvalue weighted by atomic mass is 127. The molecule has 0 bridgehead atoms. The van der Waals surface area contributed by atoms with Crippen molar-refractivity contribution in [2.45, 2.75) is 71.3 Å². The largest absolute Gasteiger partial charge is 0.331 e. The van der Waals surface area contributed by atoms with Crippen LogP contribution in [-0.2, 0) is 4.79 Å². The lowest BCUT2D eigenvalue weighted by Crippen LogP contribution is -2.40. The number of rotatable bonds is 14. The van der Waals surface area contributed by atoms with Crippen LogP contribution in [0.4, 0.5) is 4.39 Å². The maximum atomic E-state index is 13.8. The van der Waals surface area contributed by atoms with E-state index in [0.717, 1.165) is 22.8 Å². The summed E-state index contributed by atoms with van der Waals surface area (Å²) in [7, 11) is 3.96. The molecule has 0 aliphatic carbocycles. The Hall–Kier alpha value is -2.33. The molecule has 0 spiro atoms. The van der Waals surface area contributed by atoms with Gasteiger partial charge in [0.1, 0.15) is 11.6 Å². The molecule has 2 aromatic carbocycles. The maximum absolute atomic E-state index is 13.8. The van der Waals surface area contributed by atoms with Crippen molar-refractivity contribution in [2.24, 2.45) is 0 Å². The van der Waals surface area contributed by atoms with Gasteiger partial charge in [-0.15, -0.1) is 0 Å². The number of nitrogens with zero attached hydrogens (tertiary/aromatic N) is 4. The van der Waals surface area contributed by atoms with Crippen molar-refractivity contribution in [3.63, 3.8) is 0 Å². The number of benzene rings is 2. The van der Waals surface area contributed by atoms with Crippen molar-refractivity contribution in [3.8, 4) is 5.69 Å². The van der Waals surface area contributed by atoms with Gasteiger partial charge in [0, 0.05) is 23.1 Å². The van der Waals surface area contributed by atoms with Gasteiger partial charge in [-0.3, -0.25) is 14.2 Å². The first kappa shape index (κ1) is 30.2. The Morgan fingerprint density at radius 2 is 1.66 bits per heavy atom. The quantitative estimate of drug-likeness (QED) is 0.146. The molecule has 0 saturated heterocycles. The summed E-state index contributed by atoms with van der Waals surface area (Å²) >= 11 is 2.18. The summed E-state index contributed by atoms with van der Waals surface area (Å²) in [5.41, 5.74) is 0.885. The monoisotopic (exact) mass is 634 g/mol. The smallest absolute Gasteiger partial charge is 0.266 e. The van der Waals surface area contributed by atoms with E-state index in [9.17, 15) is 14.0 Å². The van der Waals surface area contributed by atoms with Crippen LogP contribution in [0.25, 0.3) is 16.6 Å². The molecule has 0 N–H and O–H groups in total. The number of amides is 1. The lowest BCUT2D eigenvalue weighted by Gasteiger charge is -2.31. The standard InChI is InChI=1S/C30H40FIN4O2/c1-5-6-7-8-9-10-11-12-28(37)35(20-19-34(3)4)22(2)29-33-27-18-15-24(32)21-26(27)30(38)36(29)25-16-13-23(31)14-17-25/h13-18,21-22H,5-12,19-20H2,1-4H3. The average Bonchev–Trinajstić information content (AvgIpc) is 2.89. The van der Waals surface area contributed by atoms with E-state index in [-0.39, 0.29) is 17.3 Å². The van der Waals surface area contributed by atoms with Crippen molar-refractivity contribution >= 4 is 39.4 Å². The number of carbonyl (C=O) groups excluding carboxylic acids is 1. The maximum Gasteiger partial charge on any atom is 0.266 e. The van der Waals surface area contributed by atoms with Crippen molar-refractivity contribution < 1.29 is 9.18 Å². The molecule has 1 heterocycles. The fourth-order valence-electron chi connectivity index (χ4n) is 4.65. The third kappa shape index (κ3) is 8.09. The fraction of sp³-hybridized carbons (Fsp3) is 0.500. The van der Waals surface area contributed by atoms with E-state index in [1.165, 1.54) is 42.4 Å². The Morgan fingerprint density at radius 1 is 1.00 bits per heavy atom. The summed E-state index contributed by atoms with van der Waals surface area (Å²) in [5, 5.41) is 0.492. The fourth-order valence-corrected chi connectivity index (χ4v) is 5.14. The van der Waals surface area contributed by atoms with Gasteiger partial charge in [0.25, 0.3) is 5.56 Å². The Bertz CT molecular complexity index is 1260. The van der Waals surface area contributed by atoms with Crippen molar-refractivity contribution in [1.29, 1.82) is 0 Å². The van der Waals surface area contributed by atoms with E-state index in [1.54, 1.807) is 12.1 Å².